The maximum absolute atomic E-state index is 14.0. The van der Waals surface area contributed by atoms with E-state index in [0.29, 0.717) is 32.3 Å². The Morgan fingerprint density at radius 1 is 0.792 bits per heavy atom. The van der Waals surface area contributed by atoms with Crippen LogP contribution >= 0.6 is 0 Å². The fourth-order valence-corrected chi connectivity index (χ4v) is 6.00. The smallest absolute Gasteiger partial charge is 0.249 e. The highest BCUT2D eigenvalue weighted by atomic mass is 16.6. The first-order valence-electron chi connectivity index (χ1n) is 17.3. The van der Waals surface area contributed by atoms with Gasteiger partial charge in [-0.1, -0.05) is 100 Å². The fraction of sp³-hybridized carbons (Fsp3) is 0.538. The van der Waals surface area contributed by atoms with Crippen LogP contribution in [0.15, 0.2) is 72.3 Å². The molecule has 1 saturated heterocycles. The van der Waals surface area contributed by atoms with E-state index in [1.165, 1.54) is 5.57 Å². The van der Waals surface area contributed by atoms with Crippen LogP contribution in [-0.2, 0) is 41.5 Å². The van der Waals surface area contributed by atoms with E-state index in [-0.39, 0.29) is 36.1 Å². The predicted octanol–water partition coefficient (Wildman–Crippen LogP) is 4.87. The minimum absolute atomic E-state index is 0.0793. The molecule has 0 bridgehead atoms. The number of ether oxygens (including phenoxy) is 2. The third kappa shape index (κ3) is 11.1. The molecule has 1 aliphatic heterocycles. The van der Waals surface area contributed by atoms with E-state index < -0.39 is 41.6 Å². The molecule has 2 aromatic rings. The van der Waals surface area contributed by atoms with Gasteiger partial charge < -0.3 is 25.4 Å². The van der Waals surface area contributed by atoms with Crippen LogP contribution in [0.1, 0.15) is 78.4 Å². The first-order chi connectivity index (χ1) is 22.8. The summed E-state index contributed by atoms with van der Waals surface area (Å²) in [5.41, 5.74) is 2.27. The Balaban J connectivity index is 1.51. The van der Waals surface area contributed by atoms with Crippen molar-refractivity contribution in [1.82, 2.24) is 16.0 Å². The molecular weight excluding hydrogens is 606 g/mol. The Labute approximate surface area is 285 Å². The summed E-state index contributed by atoms with van der Waals surface area (Å²) in [6.07, 6.45) is 4.03. The maximum Gasteiger partial charge on any atom is 0.249 e. The fourth-order valence-electron chi connectivity index (χ4n) is 6.00. The predicted molar refractivity (Wildman–Crippen MR) is 186 cm³/mol. The van der Waals surface area contributed by atoms with Crippen LogP contribution in [0.25, 0.3) is 0 Å². The summed E-state index contributed by atoms with van der Waals surface area (Å²) in [5, 5.41) is 8.84. The zero-order chi connectivity index (χ0) is 34.8. The monoisotopic (exact) mass is 659 g/mol. The van der Waals surface area contributed by atoms with Gasteiger partial charge in [-0.05, 0) is 68.9 Å². The van der Waals surface area contributed by atoms with Crippen LogP contribution in [0.3, 0.4) is 0 Å². The molecule has 3 amide bonds. The molecule has 260 valence electrons. The van der Waals surface area contributed by atoms with Gasteiger partial charge in [-0.15, -0.1) is 0 Å². The molecule has 9 nitrogen and oxygen atoms in total. The van der Waals surface area contributed by atoms with Crippen LogP contribution in [0, 0.1) is 11.8 Å². The lowest BCUT2D eigenvalue weighted by Gasteiger charge is -2.30. The van der Waals surface area contributed by atoms with Crippen LogP contribution < -0.4 is 16.0 Å². The lowest BCUT2D eigenvalue weighted by molar-refractivity contribution is -0.140. The summed E-state index contributed by atoms with van der Waals surface area (Å²) < 4.78 is 11.6. The minimum Gasteiger partial charge on any atom is -0.361 e. The van der Waals surface area contributed by atoms with Gasteiger partial charge in [-0.2, -0.15) is 0 Å². The molecule has 0 radical (unpaired) electrons. The van der Waals surface area contributed by atoms with Crippen LogP contribution in [-0.4, -0.2) is 66.0 Å². The maximum atomic E-state index is 14.0. The Morgan fingerprint density at radius 2 is 1.29 bits per heavy atom. The van der Waals surface area contributed by atoms with Gasteiger partial charge in [-0.25, -0.2) is 0 Å². The average Bonchev–Trinajstić information content (AvgIpc) is 3.79. The van der Waals surface area contributed by atoms with E-state index >= 15 is 0 Å². The number of benzene rings is 2. The number of ketones is 1. The van der Waals surface area contributed by atoms with Crippen LogP contribution in [0.5, 0.6) is 0 Å². The molecule has 1 aliphatic carbocycles. The van der Waals surface area contributed by atoms with Gasteiger partial charge in [0.15, 0.2) is 5.78 Å². The second-order valence-electron chi connectivity index (χ2n) is 14.4. The quantitative estimate of drug-likeness (QED) is 0.146. The number of hydrogen-bond donors (Lipinski definition) is 3. The highest BCUT2D eigenvalue weighted by Gasteiger charge is 2.50. The summed E-state index contributed by atoms with van der Waals surface area (Å²) in [6, 6.07) is 16.7. The minimum atomic E-state index is -0.977. The van der Waals surface area contributed by atoms with Crippen molar-refractivity contribution in [3.05, 3.63) is 83.4 Å². The van der Waals surface area contributed by atoms with Gasteiger partial charge in [0.25, 0.3) is 0 Å². The molecular formula is C39H53N3O6. The summed E-state index contributed by atoms with van der Waals surface area (Å²) in [6.45, 7) is 12.0. The first-order valence-corrected chi connectivity index (χ1v) is 17.3. The van der Waals surface area contributed by atoms with Gasteiger partial charge in [0.05, 0.1) is 18.8 Å². The Hall–Kier alpha value is -3.82. The number of nitrogens with one attached hydrogen (secondary N) is 3. The third-order valence-electron chi connectivity index (χ3n) is 8.86. The third-order valence-corrected chi connectivity index (χ3v) is 8.86. The van der Waals surface area contributed by atoms with E-state index in [1.807, 2.05) is 101 Å². The standard InChI is InChI=1S/C39H53N3O6/c1-25(2)19-31(35(43)39(6)24-47-39)40-37(45)33(23-29-15-11-8-12-16-29)41-36(44)32(20-26(3)4)42-38(46)34(48-30-21-27(5)22-30)18-17-28-13-9-7-10-14-28/h7-16,21,25-26,30-34H,17-20,22-24H2,1-6H3,(H,40,45)(H,41,44)(H,42,46)/t30?,31-,32?,33-,34-,39+/m0/s1. The van der Waals surface area contributed by atoms with E-state index in [1.54, 1.807) is 6.92 Å². The van der Waals surface area contributed by atoms with E-state index in [9.17, 15) is 19.2 Å². The van der Waals surface area contributed by atoms with Gasteiger partial charge in [-0.3, -0.25) is 19.2 Å². The Bertz CT molecular complexity index is 1420. The molecule has 1 heterocycles. The highest BCUT2D eigenvalue weighted by molar-refractivity contribution is 5.98. The summed E-state index contributed by atoms with van der Waals surface area (Å²) >= 11 is 0. The zero-order valence-corrected chi connectivity index (χ0v) is 29.3. The largest absolute Gasteiger partial charge is 0.361 e. The Kier molecular flexibility index (Phi) is 13.1. The van der Waals surface area contributed by atoms with Crippen molar-refractivity contribution in [3.8, 4) is 0 Å². The molecule has 6 atom stereocenters. The van der Waals surface area contributed by atoms with Gasteiger partial charge in [0.2, 0.25) is 17.7 Å². The molecule has 4 rings (SSSR count). The second-order valence-corrected chi connectivity index (χ2v) is 14.4. The number of amides is 3. The van der Waals surface area contributed by atoms with Gasteiger partial charge in [0, 0.05) is 6.42 Å². The van der Waals surface area contributed by atoms with Crippen molar-refractivity contribution in [3.63, 3.8) is 0 Å². The lowest BCUT2D eigenvalue weighted by atomic mass is 9.93. The van der Waals surface area contributed by atoms with E-state index in [4.69, 9.17) is 9.47 Å². The van der Waals surface area contributed by atoms with Crippen molar-refractivity contribution in [1.29, 1.82) is 0 Å². The number of hydrogen-bond acceptors (Lipinski definition) is 6. The highest BCUT2D eigenvalue weighted by Crippen LogP contribution is 2.30. The van der Waals surface area contributed by atoms with E-state index in [0.717, 1.165) is 17.5 Å². The zero-order valence-electron chi connectivity index (χ0n) is 29.3. The normalized spacial score (nSPS) is 20.9. The number of carbonyl (C=O) groups is 4. The molecule has 9 heteroatoms. The summed E-state index contributed by atoms with van der Waals surface area (Å²) in [4.78, 5) is 54.9. The molecule has 0 aromatic heterocycles. The summed E-state index contributed by atoms with van der Waals surface area (Å²) in [7, 11) is 0. The summed E-state index contributed by atoms with van der Waals surface area (Å²) in [5.74, 6) is -1.22. The van der Waals surface area contributed by atoms with Gasteiger partial charge >= 0.3 is 0 Å². The molecule has 0 saturated carbocycles. The molecule has 2 aliphatic rings. The SMILES string of the molecule is CC1=CC(O[C@@H](CCc2ccccc2)C(=O)NC(CC(C)C)C(=O)N[C@@H](Cc2ccccc2)C(=O)N[C@@H](CC(C)C)C(=O)[C@@]2(C)CO2)C1. The topological polar surface area (TPSA) is 126 Å². The number of epoxide rings is 1. The number of aryl methyl sites for hydroxylation is 1. The molecule has 0 spiro atoms. The number of Topliss-reactive ketones (excluding diaryl/α,β-unsaturated/α-hetero) is 1. The molecule has 2 aromatic carbocycles. The molecule has 48 heavy (non-hydrogen) atoms. The van der Waals surface area contributed by atoms with E-state index in [2.05, 4.69) is 16.0 Å². The average molecular weight is 660 g/mol. The molecule has 1 fully saturated rings. The Morgan fingerprint density at radius 3 is 1.83 bits per heavy atom. The number of carbonyl (C=O) groups excluding carboxylic acids is 4. The lowest BCUT2D eigenvalue weighted by Crippen LogP contribution is -2.58. The molecule has 2 unspecified atom stereocenters. The molecule has 3 N–H and O–H groups in total. The van der Waals surface area contributed by atoms with Crippen molar-refractivity contribution < 1.29 is 28.7 Å². The second kappa shape index (κ2) is 17.0. The van der Waals surface area contributed by atoms with Gasteiger partial charge in [0.1, 0.15) is 23.8 Å². The number of rotatable bonds is 19. The first kappa shape index (κ1) is 37.0. The van der Waals surface area contributed by atoms with Crippen LogP contribution in [0.4, 0.5) is 0 Å². The van der Waals surface area contributed by atoms with Crippen molar-refractivity contribution in [2.75, 3.05) is 6.61 Å². The van der Waals surface area contributed by atoms with Crippen molar-refractivity contribution in [2.45, 2.75) is 116 Å². The van der Waals surface area contributed by atoms with Crippen LogP contribution in [0.2, 0.25) is 0 Å². The van der Waals surface area contributed by atoms with Crippen molar-refractivity contribution in [2.24, 2.45) is 11.8 Å². The van der Waals surface area contributed by atoms with Crippen molar-refractivity contribution >= 4 is 23.5 Å².